The van der Waals surface area contributed by atoms with Gasteiger partial charge in [0.2, 0.25) is 0 Å². The number of anilines is 3. The fourth-order valence-corrected chi connectivity index (χ4v) is 2.02. The van der Waals surface area contributed by atoms with Crippen LogP contribution >= 0.6 is 0 Å². The highest BCUT2D eigenvalue weighted by atomic mass is 19.1. The molecule has 0 atom stereocenters. The van der Waals surface area contributed by atoms with Crippen molar-refractivity contribution in [1.82, 2.24) is 0 Å². The molecular weight excluding hydrogens is 257 g/mol. The molecule has 104 valence electrons. The minimum absolute atomic E-state index is 0.0383. The molecule has 0 aliphatic carbocycles. The van der Waals surface area contributed by atoms with Gasteiger partial charge in [-0.25, -0.2) is 4.39 Å². The summed E-state index contributed by atoms with van der Waals surface area (Å²) in [6.45, 7) is 1.95. The monoisotopic (exact) mass is 273 g/mol. The number of aryl methyl sites for hydroxylation is 1. The maximum atomic E-state index is 14.1. The third-order valence-corrected chi connectivity index (χ3v) is 3.13. The van der Waals surface area contributed by atoms with Crippen LogP contribution in [0.1, 0.15) is 15.9 Å². The zero-order chi connectivity index (χ0) is 14.9. The largest absolute Gasteiger partial charge is 0.398 e. The number of benzene rings is 2. The van der Waals surface area contributed by atoms with E-state index in [0.717, 1.165) is 17.3 Å². The lowest BCUT2D eigenvalue weighted by Gasteiger charge is -2.21. The Morgan fingerprint density at radius 2 is 1.95 bits per heavy atom. The molecule has 20 heavy (non-hydrogen) atoms. The van der Waals surface area contributed by atoms with Crippen molar-refractivity contribution in [3.05, 3.63) is 53.3 Å². The summed E-state index contributed by atoms with van der Waals surface area (Å²) in [6, 6.07) is 10.1. The minimum atomic E-state index is -0.679. The number of amides is 1. The van der Waals surface area contributed by atoms with Crippen molar-refractivity contribution in [2.45, 2.75) is 6.92 Å². The predicted molar refractivity (Wildman–Crippen MR) is 78.6 cm³/mol. The van der Waals surface area contributed by atoms with Crippen LogP contribution in [0.15, 0.2) is 36.4 Å². The molecule has 0 radical (unpaired) electrons. The van der Waals surface area contributed by atoms with E-state index in [2.05, 4.69) is 0 Å². The van der Waals surface area contributed by atoms with Gasteiger partial charge in [0.05, 0.1) is 11.3 Å². The Kier molecular flexibility index (Phi) is 3.61. The Balaban J connectivity index is 2.52. The van der Waals surface area contributed by atoms with Crippen LogP contribution < -0.4 is 16.4 Å². The summed E-state index contributed by atoms with van der Waals surface area (Å²) in [5, 5.41) is 0. The molecule has 0 unspecified atom stereocenters. The van der Waals surface area contributed by atoms with Crippen LogP contribution in [0, 0.1) is 12.7 Å². The van der Waals surface area contributed by atoms with Crippen molar-refractivity contribution in [2.24, 2.45) is 5.73 Å². The fourth-order valence-electron chi connectivity index (χ4n) is 2.02. The highest BCUT2D eigenvalue weighted by molar-refractivity contribution is 5.99. The van der Waals surface area contributed by atoms with Gasteiger partial charge in [-0.1, -0.05) is 12.1 Å². The maximum Gasteiger partial charge on any atom is 0.250 e. The van der Waals surface area contributed by atoms with Gasteiger partial charge in [-0.15, -0.1) is 0 Å². The van der Waals surface area contributed by atoms with E-state index in [1.54, 1.807) is 11.9 Å². The molecule has 0 saturated carbocycles. The van der Waals surface area contributed by atoms with Gasteiger partial charge in [-0.3, -0.25) is 4.79 Å². The molecule has 0 aliphatic heterocycles. The smallest absolute Gasteiger partial charge is 0.250 e. The Bertz CT molecular complexity index is 670. The molecule has 5 heteroatoms. The molecule has 0 aliphatic rings. The molecule has 4 N–H and O–H groups in total. The van der Waals surface area contributed by atoms with Crippen LogP contribution in [0.4, 0.5) is 21.5 Å². The molecule has 2 rings (SSSR count). The first-order valence-electron chi connectivity index (χ1n) is 6.09. The zero-order valence-electron chi connectivity index (χ0n) is 11.4. The number of nitrogen functional groups attached to an aromatic ring is 1. The first kappa shape index (κ1) is 13.9. The molecular formula is C15H16FN3O. The summed E-state index contributed by atoms with van der Waals surface area (Å²) in [4.78, 5) is 12.9. The number of hydrogen-bond donors (Lipinski definition) is 2. The molecule has 2 aromatic rings. The number of rotatable bonds is 3. The fraction of sp³-hybridized carbons (Fsp3) is 0.133. The average molecular weight is 273 g/mol. The zero-order valence-corrected chi connectivity index (χ0v) is 11.4. The predicted octanol–water partition coefficient (Wildman–Crippen LogP) is 2.58. The number of nitrogens with two attached hydrogens (primary N) is 2. The van der Waals surface area contributed by atoms with Crippen LogP contribution in [-0.2, 0) is 0 Å². The lowest BCUT2D eigenvalue weighted by Crippen LogP contribution is -2.17. The summed E-state index contributed by atoms with van der Waals surface area (Å²) in [5.41, 5.74) is 13.1. The van der Waals surface area contributed by atoms with Crippen molar-refractivity contribution >= 4 is 23.0 Å². The number of carbonyl (C=O) groups excluding carboxylic acids is 1. The van der Waals surface area contributed by atoms with Crippen molar-refractivity contribution in [2.75, 3.05) is 17.7 Å². The molecule has 0 spiro atoms. The van der Waals surface area contributed by atoms with E-state index in [1.165, 1.54) is 6.07 Å². The van der Waals surface area contributed by atoms with Gasteiger partial charge < -0.3 is 16.4 Å². The molecule has 1 amide bonds. The number of hydrogen-bond acceptors (Lipinski definition) is 3. The van der Waals surface area contributed by atoms with E-state index in [9.17, 15) is 9.18 Å². The van der Waals surface area contributed by atoms with Crippen molar-refractivity contribution in [1.29, 1.82) is 0 Å². The van der Waals surface area contributed by atoms with Gasteiger partial charge in [-0.05, 0) is 36.8 Å². The van der Waals surface area contributed by atoms with Gasteiger partial charge >= 0.3 is 0 Å². The highest BCUT2D eigenvalue weighted by Gasteiger charge is 2.15. The van der Waals surface area contributed by atoms with E-state index < -0.39 is 11.7 Å². The third-order valence-electron chi connectivity index (χ3n) is 3.13. The van der Waals surface area contributed by atoms with Crippen LogP contribution in [-0.4, -0.2) is 13.0 Å². The molecule has 0 fully saturated rings. The number of nitrogens with zero attached hydrogens (tertiary/aromatic N) is 1. The maximum absolute atomic E-state index is 14.1. The molecule has 0 bridgehead atoms. The number of carbonyl (C=O) groups is 1. The third kappa shape index (κ3) is 2.56. The second-order valence-electron chi connectivity index (χ2n) is 4.65. The van der Waals surface area contributed by atoms with Gasteiger partial charge in [-0.2, -0.15) is 0 Å². The highest BCUT2D eigenvalue weighted by Crippen LogP contribution is 2.30. The van der Waals surface area contributed by atoms with Crippen LogP contribution in [0.3, 0.4) is 0 Å². The topological polar surface area (TPSA) is 72.3 Å². The quantitative estimate of drug-likeness (QED) is 0.844. The summed E-state index contributed by atoms with van der Waals surface area (Å²) < 4.78 is 14.1. The summed E-state index contributed by atoms with van der Waals surface area (Å²) in [6.07, 6.45) is 0. The minimum Gasteiger partial charge on any atom is -0.398 e. The Morgan fingerprint density at radius 1 is 1.25 bits per heavy atom. The summed E-state index contributed by atoms with van der Waals surface area (Å²) >= 11 is 0. The standard InChI is InChI=1S/C15H16FN3O/c1-9-4-3-5-10(6-9)19(2)14-7-11(15(18)20)13(17)8-12(14)16/h3-8H,17H2,1-2H3,(H2,18,20). The molecule has 4 nitrogen and oxygen atoms in total. The van der Waals surface area contributed by atoms with Gasteiger partial charge in [0, 0.05) is 18.4 Å². The Labute approximate surface area is 116 Å². The average Bonchev–Trinajstić information content (AvgIpc) is 2.37. The van der Waals surface area contributed by atoms with Crippen LogP contribution in [0.5, 0.6) is 0 Å². The van der Waals surface area contributed by atoms with E-state index in [1.807, 2.05) is 31.2 Å². The van der Waals surface area contributed by atoms with Gasteiger partial charge in [0.25, 0.3) is 5.91 Å². The van der Waals surface area contributed by atoms with Crippen molar-refractivity contribution < 1.29 is 9.18 Å². The van der Waals surface area contributed by atoms with E-state index >= 15 is 0 Å². The Hall–Kier alpha value is -2.56. The lowest BCUT2D eigenvalue weighted by molar-refractivity contribution is 0.100. The van der Waals surface area contributed by atoms with E-state index in [0.29, 0.717) is 0 Å². The van der Waals surface area contributed by atoms with Gasteiger partial charge in [0.1, 0.15) is 5.82 Å². The van der Waals surface area contributed by atoms with Crippen LogP contribution in [0.25, 0.3) is 0 Å². The first-order valence-corrected chi connectivity index (χ1v) is 6.09. The number of primary amides is 1. The van der Waals surface area contributed by atoms with Crippen molar-refractivity contribution in [3.8, 4) is 0 Å². The molecule has 0 saturated heterocycles. The van der Waals surface area contributed by atoms with Crippen LogP contribution in [0.2, 0.25) is 0 Å². The molecule has 0 heterocycles. The van der Waals surface area contributed by atoms with E-state index in [4.69, 9.17) is 11.5 Å². The Morgan fingerprint density at radius 3 is 2.55 bits per heavy atom. The summed E-state index contributed by atoms with van der Waals surface area (Å²) in [5.74, 6) is -1.18. The molecule has 0 aromatic heterocycles. The molecule has 2 aromatic carbocycles. The number of halogens is 1. The lowest BCUT2D eigenvalue weighted by atomic mass is 10.1. The van der Waals surface area contributed by atoms with Gasteiger partial charge in [0.15, 0.2) is 0 Å². The summed E-state index contributed by atoms with van der Waals surface area (Å²) in [7, 11) is 1.72. The SMILES string of the molecule is Cc1cccc(N(C)c2cc(C(N)=O)c(N)cc2F)c1. The second kappa shape index (κ2) is 5.21. The normalized spacial score (nSPS) is 10.3. The van der Waals surface area contributed by atoms with Crippen molar-refractivity contribution in [3.63, 3.8) is 0 Å². The van der Waals surface area contributed by atoms with E-state index in [-0.39, 0.29) is 16.9 Å². The second-order valence-corrected chi connectivity index (χ2v) is 4.65. The first-order chi connectivity index (χ1) is 9.40.